The number of nitrogens with one attached hydrogen (secondary N) is 1. The van der Waals surface area contributed by atoms with Gasteiger partial charge in [0.05, 0.1) is 11.1 Å². The molecule has 0 radical (unpaired) electrons. The average molecular weight is 368 g/mol. The third kappa shape index (κ3) is 3.67. The molecule has 24 heavy (non-hydrogen) atoms. The summed E-state index contributed by atoms with van der Waals surface area (Å²) in [6, 6.07) is 10.6. The second-order valence-electron chi connectivity index (χ2n) is 6.09. The molecule has 1 aromatic carbocycles. The molecule has 1 fully saturated rings. The van der Waals surface area contributed by atoms with E-state index in [1.54, 1.807) is 18.2 Å². The zero-order chi connectivity index (χ0) is 17.2. The van der Waals surface area contributed by atoms with Crippen molar-refractivity contribution in [1.82, 2.24) is 14.2 Å². The molecule has 5 nitrogen and oxygen atoms in total. The summed E-state index contributed by atoms with van der Waals surface area (Å²) < 4.78 is 30.0. The number of aryl methyl sites for hydroxylation is 1. The van der Waals surface area contributed by atoms with Gasteiger partial charge in [-0.25, -0.2) is 13.1 Å². The van der Waals surface area contributed by atoms with Crippen molar-refractivity contribution in [3.63, 3.8) is 0 Å². The van der Waals surface area contributed by atoms with Crippen molar-refractivity contribution in [2.45, 2.75) is 23.8 Å². The van der Waals surface area contributed by atoms with Crippen molar-refractivity contribution in [2.24, 2.45) is 7.05 Å². The van der Waals surface area contributed by atoms with Gasteiger partial charge < -0.3 is 4.57 Å². The molecule has 1 aromatic heterocycles. The minimum absolute atomic E-state index is 0.0183. The van der Waals surface area contributed by atoms with Gasteiger partial charge in [0.15, 0.2) is 0 Å². The van der Waals surface area contributed by atoms with Crippen LogP contribution in [-0.2, 0) is 17.1 Å². The molecule has 1 saturated heterocycles. The average Bonchev–Trinajstić information content (AvgIpc) is 3.21. The van der Waals surface area contributed by atoms with E-state index in [2.05, 4.69) is 9.62 Å². The molecular weight excluding hydrogens is 346 g/mol. The fourth-order valence-electron chi connectivity index (χ4n) is 3.22. The predicted octanol–water partition coefficient (Wildman–Crippen LogP) is 2.79. The van der Waals surface area contributed by atoms with E-state index in [9.17, 15) is 8.42 Å². The molecule has 0 amide bonds. The maximum Gasteiger partial charge on any atom is 0.242 e. The first-order valence-corrected chi connectivity index (χ1v) is 9.94. The molecule has 1 aliphatic rings. The second-order valence-corrected chi connectivity index (χ2v) is 8.23. The maximum absolute atomic E-state index is 12.6. The van der Waals surface area contributed by atoms with E-state index in [1.807, 2.05) is 29.9 Å². The lowest BCUT2D eigenvalue weighted by Crippen LogP contribution is -2.37. The van der Waals surface area contributed by atoms with Crippen molar-refractivity contribution in [3.05, 3.63) is 53.3 Å². The second kappa shape index (κ2) is 7.27. The number of benzene rings is 1. The number of hydrogen-bond acceptors (Lipinski definition) is 3. The highest BCUT2D eigenvalue weighted by Gasteiger charge is 2.27. The van der Waals surface area contributed by atoms with Crippen LogP contribution in [0, 0.1) is 0 Å². The predicted molar refractivity (Wildman–Crippen MR) is 95.6 cm³/mol. The molecule has 1 atom stereocenters. The van der Waals surface area contributed by atoms with Gasteiger partial charge in [-0.05, 0) is 50.2 Å². The fraction of sp³-hybridized carbons (Fsp3) is 0.412. The van der Waals surface area contributed by atoms with Gasteiger partial charge in [0, 0.05) is 25.5 Å². The monoisotopic (exact) mass is 367 g/mol. The standard InChI is InChI=1S/C17H22ClN3O2S/c1-20-10-6-8-15(20)16(21-11-4-5-12-21)13-19-24(22,23)17-9-3-2-7-14(17)18/h2-3,6-10,16,19H,4-5,11-13H2,1H3/t16-/m0/s1. The van der Waals surface area contributed by atoms with E-state index in [1.165, 1.54) is 6.07 Å². The van der Waals surface area contributed by atoms with Crippen molar-refractivity contribution >= 4 is 21.6 Å². The van der Waals surface area contributed by atoms with E-state index in [-0.39, 0.29) is 16.0 Å². The van der Waals surface area contributed by atoms with Crippen LogP contribution >= 0.6 is 11.6 Å². The molecule has 0 unspecified atom stereocenters. The molecule has 0 saturated carbocycles. The van der Waals surface area contributed by atoms with Gasteiger partial charge in [0.2, 0.25) is 10.0 Å². The van der Waals surface area contributed by atoms with Crippen LogP contribution in [0.1, 0.15) is 24.6 Å². The number of likely N-dealkylation sites (tertiary alicyclic amines) is 1. The third-order valence-corrected chi connectivity index (χ3v) is 6.42. The Hall–Kier alpha value is -1.34. The van der Waals surface area contributed by atoms with E-state index < -0.39 is 10.0 Å². The minimum Gasteiger partial charge on any atom is -0.353 e. The highest BCUT2D eigenvalue weighted by molar-refractivity contribution is 7.89. The first-order valence-electron chi connectivity index (χ1n) is 8.08. The molecule has 2 aromatic rings. The molecule has 1 N–H and O–H groups in total. The summed E-state index contributed by atoms with van der Waals surface area (Å²) in [5.74, 6) is 0. The lowest BCUT2D eigenvalue weighted by Gasteiger charge is -2.28. The largest absolute Gasteiger partial charge is 0.353 e. The van der Waals surface area contributed by atoms with Gasteiger partial charge in [0.25, 0.3) is 0 Å². The first kappa shape index (κ1) is 17.5. The Labute approximate surface area is 148 Å². The Bertz CT molecular complexity index is 798. The minimum atomic E-state index is -3.64. The number of hydrogen-bond donors (Lipinski definition) is 1. The van der Waals surface area contributed by atoms with Gasteiger partial charge >= 0.3 is 0 Å². The van der Waals surface area contributed by atoms with Crippen LogP contribution in [0.3, 0.4) is 0 Å². The summed E-state index contributed by atoms with van der Waals surface area (Å²) in [6.45, 7) is 2.30. The van der Waals surface area contributed by atoms with Crippen LogP contribution in [0.25, 0.3) is 0 Å². The van der Waals surface area contributed by atoms with Crippen LogP contribution in [0.2, 0.25) is 5.02 Å². The van der Waals surface area contributed by atoms with E-state index in [0.29, 0.717) is 6.54 Å². The number of halogens is 1. The van der Waals surface area contributed by atoms with Crippen molar-refractivity contribution in [3.8, 4) is 0 Å². The number of aromatic nitrogens is 1. The zero-order valence-electron chi connectivity index (χ0n) is 13.7. The first-order chi connectivity index (χ1) is 11.5. The van der Waals surface area contributed by atoms with Crippen LogP contribution in [0.4, 0.5) is 0 Å². The molecule has 130 valence electrons. The normalized spacial score (nSPS) is 17.2. The highest BCUT2D eigenvalue weighted by Crippen LogP contribution is 2.26. The maximum atomic E-state index is 12.6. The van der Waals surface area contributed by atoms with Gasteiger partial charge in [-0.2, -0.15) is 0 Å². The Kier molecular flexibility index (Phi) is 5.30. The molecule has 0 spiro atoms. The van der Waals surface area contributed by atoms with Crippen LogP contribution in [0.5, 0.6) is 0 Å². The highest BCUT2D eigenvalue weighted by atomic mass is 35.5. The molecule has 1 aliphatic heterocycles. The van der Waals surface area contributed by atoms with Crippen molar-refractivity contribution in [2.75, 3.05) is 19.6 Å². The Morgan fingerprint density at radius 3 is 2.50 bits per heavy atom. The van der Waals surface area contributed by atoms with Gasteiger partial charge in [-0.3, -0.25) is 4.90 Å². The van der Waals surface area contributed by atoms with Gasteiger partial charge in [-0.1, -0.05) is 23.7 Å². The topological polar surface area (TPSA) is 54.3 Å². The quantitative estimate of drug-likeness (QED) is 0.854. The lowest BCUT2D eigenvalue weighted by atomic mass is 10.2. The third-order valence-electron chi connectivity index (χ3n) is 4.50. The van der Waals surface area contributed by atoms with E-state index in [0.717, 1.165) is 31.6 Å². The summed E-state index contributed by atoms with van der Waals surface area (Å²) in [4.78, 5) is 2.46. The van der Waals surface area contributed by atoms with Crippen LogP contribution in [-0.4, -0.2) is 37.5 Å². The molecular formula is C17H22ClN3O2S. The molecule has 3 rings (SSSR count). The number of sulfonamides is 1. The van der Waals surface area contributed by atoms with Crippen LogP contribution < -0.4 is 4.72 Å². The molecule has 2 heterocycles. The zero-order valence-corrected chi connectivity index (χ0v) is 15.2. The summed E-state index contributed by atoms with van der Waals surface area (Å²) in [6.07, 6.45) is 4.29. The van der Waals surface area contributed by atoms with Crippen molar-refractivity contribution < 1.29 is 8.42 Å². The SMILES string of the molecule is Cn1cccc1[C@H](CNS(=O)(=O)c1ccccc1Cl)N1CCCC1. The summed E-state index contributed by atoms with van der Waals surface area (Å²) in [5.41, 5.74) is 1.11. The number of nitrogens with zero attached hydrogens (tertiary/aromatic N) is 2. The summed E-state index contributed by atoms with van der Waals surface area (Å²) >= 11 is 6.04. The molecule has 0 aliphatic carbocycles. The Morgan fingerprint density at radius 1 is 1.17 bits per heavy atom. The smallest absolute Gasteiger partial charge is 0.242 e. The lowest BCUT2D eigenvalue weighted by molar-refractivity contribution is 0.238. The van der Waals surface area contributed by atoms with Crippen molar-refractivity contribution in [1.29, 1.82) is 0 Å². The Balaban J connectivity index is 1.81. The van der Waals surface area contributed by atoms with Gasteiger partial charge in [0.1, 0.15) is 4.90 Å². The summed E-state index contributed by atoms with van der Waals surface area (Å²) in [7, 11) is -1.65. The van der Waals surface area contributed by atoms with Gasteiger partial charge in [-0.15, -0.1) is 0 Å². The Morgan fingerprint density at radius 2 is 1.88 bits per heavy atom. The number of rotatable bonds is 6. The molecule has 0 bridgehead atoms. The van der Waals surface area contributed by atoms with E-state index in [4.69, 9.17) is 11.6 Å². The molecule has 7 heteroatoms. The van der Waals surface area contributed by atoms with Crippen LogP contribution in [0.15, 0.2) is 47.5 Å². The summed E-state index contributed by atoms with van der Waals surface area (Å²) in [5, 5.41) is 0.238. The van der Waals surface area contributed by atoms with E-state index >= 15 is 0 Å². The fourth-order valence-corrected chi connectivity index (χ4v) is 4.78.